The second-order valence-electron chi connectivity index (χ2n) is 4.23. The van der Waals surface area contributed by atoms with E-state index in [0.717, 1.165) is 28.6 Å². The predicted octanol–water partition coefficient (Wildman–Crippen LogP) is 3.35. The van der Waals surface area contributed by atoms with Gasteiger partial charge in [-0.2, -0.15) is 0 Å². The number of anilines is 2. The minimum Gasteiger partial charge on any atom is -0.398 e. The molecule has 0 bridgehead atoms. The molecule has 2 aromatic rings. The predicted molar refractivity (Wildman–Crippen MR) is 71.4 cm³/mol. The molecule has 0 fully saturated rings. The minimum atomic E-state index is 0.808. The van der Waals surface area contributed by atoms with Crippen molar-refractivity contribution in [3.8, 4) is 0 Å². The van der Waals surface area contributed by atoms with Gasteiger partial charge in [-0.15, -0.1) is 0 Å². The van der Waals surface area contributed by atoms with E-state index in [1.54, 1.807) is 0 Å². The lowest BCUT2D eigenvalue weighted by Crippen LogP contribution is -1.94. The molecular formula is C14H18N2. The second-order valence-corrected chi connectivity index (χ2v) is 4.23. The fraction of sp³-hybridized carbons (Fsp3) is 0.286. The van der Waals surface area contributed by atoms with Crippen LogP contribution < -0.4 is 11.5 Å². The Hall–Kier alpha value is -1.70. The van der Waals surface area contributed by atoms with E-state index in [9.17, 15) is 0 Å². The van der Waals surface area contributed by atoms with Gasteiger partial charge in [0.15, 0.2) is 0 Å². The van der Waals surface area contributed by atoms with Crippen molar-refractivity contribution >= 4 is 22.1 Å². The van der Waals surface area contributed by atoms with E-state index in [1.165, 1.54) is 18.4 Å². The zero-order valence-electron chi connectivity index (χ0n) is 9.66. The number of rotatable bonds is 3. The molecule has 0 spiro atoms. The van der Waals surface area contributed by atoms with Gasteiger partial charge in [-0.3, -0.25) is 0 Å². The van der Waals surface area contributed by atoms with Crippen LogP contribution in [0.2, 0.25) is 0 Å². The van der Waals surface area contributed by atoms with Crippen LogP contribution in [0, 0.1) is 0 Å². The van der Waals surface area contributed by atoms with Crippen molar-refractivity contribution in [1.82, 2.24) is 0 Å². The molecule has 2 aromatic carbocycles. The van der Waals surface area contributed by atoms with Crippen molar-refractivity contribution in [1.29, 1.82) is 0 Å². The summed E-state index contributed by atoms with van der Waals surface area (Å²) < 4.78 is 0. The minimum absolute atomic E-state index is 0.808. The van der Waals surface area contributed by atoms with Gasteiger partial charge in [0.25, 0.3) is 0 Å². The van der Waals surface area contributed by atoms with Crippen LogP contribution >= 0.6 is 0 Å². The van der Waals surface area contributed by atoms with E-state index in [0.29, 0.717) is 0 Å². The highest BCUT2D eigenvalue weighted by Gasteiger charge is 2.03. The first-order chi connectivity index (χ1) is 7.72. The topological polar surface area (TPSA) is 52.0 Å². The van der Waals surface area contributed by atoms with Crippen LogP contribution in [0.25, 0.3) is 10.8 Å². The first kappa shape index (κ1) is 10.8. The molecule has 2 heteroatoms. The molecule has 0 amide bonds. The summed E-state index contributed by atoms with van der Waals surface area (Å²) in [5.74, 6) is 0. The largest absolute Gasteiger partial charge is 0.398 e. The fourth-order valence-corrected chi connectivity index (χ4v) is 2.03. The second kappa shape index (κ2) is 4.44. The van der Waals surface area contributed by atoms with Crippen LogP contribution in [0.4, 0.5) is 11.4 Å². The summed E-state index contributed by atoms with van der Waals surface area (Å²) >= 11 is 0. The molecule has 0 unspecified atom stereocenters. The van der Waals surface area contributed by atoms with Crippen LogP contribution in [-0.4, -0.2) is 0 Å². The zero-order chi connectivity index (χ0) is 11.5. The van der Waals surface area contributed by atoms with Gasteiger partial charge in [0.05, 0.1) is 0 Å². The van der Waals surface area contributed by atoms with Gasteiger partial charge in [0, 0.05) is 22.1 Å². The Labute approximate surface area is 96.3 Å². The molecule has 0 heterocycles. The standard InChI is InChI=1S/C14H18N2/c1-2-3-5-10-8-12-11(14(16)9-10)6-4-7-13(12)15/h4,6-9H,2-3,5,15-16H2,1H3. The summed E-state index contributed by atoms with van der Waals surface area (Å²) in [6.45, 7) is 2.19. The van der Waals surface area contributed by atoms with E-state index in [4.69, 9.17) is 11.5 Å². The Morgan fingerprint density at radius 3 is 2.56 bits per heavy atom. The fourth-order valence-electron chi connectivity index (χ4n) is 2.03. The first-order valence-electron chi connectivity index (χ1n) is 5.79. The lowest BCUT2D eigenvalue weighted by atomic mass is 10.0. The van der Waals surface area contributed by atoms with Gasteiger partial charge in [0.1, 0.15) is 0 Å². The molecule has 0 aliphatic rings. The summed E-state index contributed by atoms with van der Waals surface area (Å²) in [4.78, 5) is 0. The first-order valence-corrected chi connectivity index (χ1v) is 5.79. The van der Waals surface area contributed by atoms with E-state index in [-0.39, 0.29) is 0 Å². The van der Waals surface area contributed by atoms with Crippen molar-refractivity contribution < 1.29 is 0 Å². The third kappa shape index (κ3) is 1.96. The average molecular weight is 214 g/mol. The number of benzene rings is 2. The number of fused-ring (bicyclic) bond motifs is 1. The van der Waals surface area contributed by atoms with Gasteiger partial charge in [-0.25, -0.2) is 0 Å². The van der Waals surface area contributed by atoms with Crippen LogP contribution in [0.15, 0.2) is 30.3 Å². The van der Waals surface area contributed by atoms with Gasteiger partial charge < -0.3 is 11.5 Å². The lowest BCUT2D eigenvalue weighted by molar-refractivity contribution is 0.796. The Morgan fingerprint density at radius 2 is 1.81 bits per heavy atom. The van der Waals surface area contributed by atoms with Gasteiger partial charge in [-0.1, -0.05) is 25.5 Å². The third-order valence-corrected chi connectivity index (χ3v) is 2.94. The molecule has 0 radical (unpaired) electrons. The highest BCUT2D eigenvalue weighted by atomic mass is 14.6. The maximum Gasteiger partial charge on any atom is 0.0397 e. The van der Waals surface area contributed by atoms with E-state index >= 15 is 0 Å². The molecular weight excluding hydrogens is 196 g/mol. The summed E-state index contributed by atoms with van der Waals surface area (Å²) in [5, 5.41) is 2.13. The molecule has 2 rings (SSSR count). The highest BCUT2D eigenvalue weighted by molar-refractivity contribution is 6.00. The van der Waals surface area contributed by atoms with Gasteiger partial charge in [-0.05, 0) is 36.6 Å². The van der Waals surface area contributed by atoms with Crippen LogP contribution in [-0.2, 0) is 6.42 Å². The van der Waals surface area contributed by atoms with Crippen molar-refractivity contribution in [3.05, 3.63) is 35.9 Å². The molecule has 84 valence electrons. The summed E-state index contributed by atoms with van der Waals surface area (Å²) in [6, 6.07) is 10.1. The number of aryl methyl sites for hydroxylation is 1. The number of hydrogen-bond acceptors (Lipinski definition) is 2. The van der Waals surface area contributed by atoms with E-state index in [2.05, 4.69) is 19.1 Å². The van der Waals surface area contributed by atoms with Crippen molar-refractivity contribution in [2.45, 2.75) is 26.2 Å². The summed E-state index contributed by atoms with van der Waals surface area (Å²) in [6.07, 6.45) is 3.46. The van der Waals surface area contributed by atoms with E-state index in [1.807, 2.05) is 18.2 Å². The molecule has 0 saturated carbocycles. The SMILES string of the molecule is CCCCc1cc(N)c2cccc(N)c2c1. The molecule has 0 aliphatic heterocycles. The van der Waals surface area contributed by atoms with Gasteiger partial charge >= 0.3 is 0 Å². The smallest absolute Gasteiger partial charge is 0.0397 e. The number of hydrogen-bond donors (Lipinski definition) is 2. The Bertz CT molecular complexity index is 503. The Morgan fingerprint density at radius 1 is 1.00 bits per heavy atom. The van der Waals surface area contributed by atoms with Crippen molar-refractivity contribution in [2.24, 2.45) is 0 Å². The number of unbranched alkanes of at least 4 members (excludes halogenated alkanes) is 1. The lowest BCUT2D eigenvalue weighted by Gasteiger charge is -2.08. The molecule has 0 saturated heterocycles. The molecule has 16 heavy (non-hydrogen) atoms. The number of nitrogens with two attached hydrogens (primary N) is 2. The maximum absolute atomic E-state index is 6.04. The van der Waals surface area contributed by atoms with E-state index < -0.39 is 0 Å². The molecule has 0 aromatic heterocycles. The highest BCUT2D eigenvalue weighted by Crippen LogP contribution is 2.28. The van der Waals surface area contributed by atoms with Gasteiger partial charge in [0.2, 0.25) is 0 Å². The molecule has 0 atom stereocenters. The molecule has 0 aliphatic carbocycles. The van der Waals surface area contributed by atoms with Crippen LogP contribution in [0.1, 0.15) is 25.3 Å². The van der Waals surface area contributed by atoms with Crippen molar-refractivity contribution in [3.63, 3.8) is 0 Å². The average Bonchev–Trinajstić information content (AvgIpc) is 2.28. The van der Waals surface area contributed by atoms with Crippen LogP contribution in [0.3, 0.4) is 0 Å². The Balaban J connectivity index is 2.52. The van der Waals surface area contributed by atoms with Crippen LogP contribution in [0.5, 0.6) is 0 Å². The normalized spacial score (nSPS) is 10.8. The maximum atomic E-state index is 6.04. The third-order valence-electron chi connectivity index (χ3n) is 2.94. The number of nitrogen functional groups attached to an aromatic ring is 2. The Kier molecular flexibility index (Phi) is 3.00. The summed E-state index contributed by atoms with van der Waals surface area (Å²) in [7, 11) is 0. The molecule has 4 N–H and O–H groups in total. The van der Waals surface area contributed by atoms with Crippen molar-refractivity contribution in [2.75, 3.05) is 11.5 Å². The molecule has 2 nitrogen and oxygen atoms in total. The quantitative estimate of drug-likeness (QED) is 0.770. The monoisotopic (exact) mass is 214 g/mol. The zero-order valence-corrected chi connectivity index (χ0v) is 9.66. The summed E-state index contributed by atoms with van der Waals surface area (Å²) in [5.41, 5.74) is 14.9.